The molecule has 1 saturated heterocycles. The predicted octanol–water partition coefficient (Wildman–Crippen LogP) is 3.84. The number of unbranched alkanes of at least 4 members (excludes halogenated alkanes) is 1. The summed E-state index contributed by atoms with van der Waals surface area (Å²) in [6.45, 7) is 3.65. The third-order valence-corrected chi connectivity index (χ3v) is 6.55. The maximum atomic E-state index is 12.9. The second-order valence-electron chi connectivity index (χ2n) is 8.84. The smallest absolute Gasteiger partial charge is 0.245 e. The van der Waals surface area contributed by atoms with Crippen molar-refractivity contribution in [1.82, 2.24) is 9.91 Å². The predicted molar refractivity (Wildman–Crippen MR) is 131 cm³/mol. The van der Waals surface area contributed by atoms with Crippen LogP contribution in [-0.4, -0.2) is 74.5 Å². The van der Waals surface area contributed by atoms with Gasteiger partial charge in [0.05, 0.1) is 20.8 Å². The van der Waals surface area contributed by atoms with Gasteiger partial charge in [-0.2, -0.15) is 0 Å². The molecule has 9 heteroatoms. The zero-order valence-corrected chi connectivity index (χ0v) is 20.6. The van der Waals surface area contributed by atoms with Gasteiger partial charge in [-0.25, -0.2) is 4.39 Å². The fourth-order valence-electron chi connectivity index (χ4n) is 4.47. The van der Waals surface area contributed by atoms with E-state index in [9.17, 15) is 9.50 Å². The third-order valence-electron chi connectivity index (χ3n) is 6.55. The molecule has 0 spiro atoms. The first kappa shape index (κ1) is 25.1. The standard InChI is InChI=1S/C26H34FN3O5/c1-29(28-26-25(31)21-16-23(32-2)24(33-3)17-22(21)35-26)19-10-13-30(14-11-19)12-4-5-15-34-20-8-6-18(27)7-9-20/h6-9,16-17,19,25,31H,4-5,10-15H2,1-3H3/b28-26-. The lowest BCUT2D eigenvalue weighted by molar-refractivity contribution is 0.124. The first-order valence-electron chi connectivity index (χ1n) is 12.0. The molecule has 1 fully saturated rings. The molecule has 2 aliphatic rings. The lowest BCUT2D eigenvalue weighted by Gasteiger charge is -2.35. The second kappa shape index (κ2) is 11.6. The normalized spacial score (nSPS) is 19.3. The summed E-state index contributed by atoms with van der Waals surface area (Å²) >= 11 is 0. The van der Waals surface area contributed by atoms with E-state index in [0.29, 0.717) is 35.2 Å². The molecule has 2 aliphatic heterocycles. The van der Waals surface area contributed by atoms with Crippen molar-refractivity contribution in [3.63, 3.8) is 0 Å². The van der Waals surface area contributed by atoms with Gasteiger partial charge < -0.3 is 29.0 Å². The average molecular weight is 488 g/mol. The molecule has 1 N–H and O–H groups in total. The van der Waals surface area contributed by atoms with Crippen molar-refractivity contribution in [2.75, 3.05) is 47.5 Å². The SMILES string of the molecule is COc1cc2c(cc1OC)C(O)/C(=N/N(C)C1CCN(CCCCOc3ccc(F)cc3)CC1)O2. The van der Waals surface area contributed by atoms with Crippen LogP contribution in [0, 0.1) is 5.82 Å². The molecule has 35 heavy (non-hydrogen) atoms. The van der Waals surface area contributed by atoms with Crippen LogP contribution in [0.25, 0.3) is 0 Å². The van der Waals surface area contributed by atoms with Crippen LogP contribution in [-0.2, 0) is 0 Å². The van der Waals surface area contributed by atoms with Gasteiger partial charge in [-0.05, 0) is 62.6 Å². The minimum Gasteiger partial charge on any atom is -0.494 e. The number of ether oxygens (including phenoxy) is 4. The Labute approximate surface area is 205 Å². The highest BCUT2D eigenvalue weighted by atomic mass is 19.1. The molecule has 0 aromatic heterocycles. The van der Waals surface area contributed by atoms with E-state index in [1.165, 1.54) is 12.1 Å². The molecule has 0 radical (unpaired) electrons. The molecule has 8 nitrogen and oxygen atoms in total. The Hall–Kier alpha value is -3.04. The summed E-state index contributed by atoms with van der Waals surface area (Å²) in [5.74, 6) is 2.33. The van der Waals surface area contributed by atoms with Crippen molar-refractivity contribution in [1.29, 1.82) is 0 Å². The van der Waals surface area contributed by atoms with E-state index in [2.05, 4.69) is 10.0 Å². The van der Waals surface area contributed by atoms with Crippen LogP contribution >= 0.6 is 0 Å². The molecule has 190 valence electrons. The van der Waals surface area contributed by atoms with Crippen molar-refractivity contribution < 1.29 is 28.4 Å². The van der Waals surface area contributed by atoms with Crippen molar-refractivity contribution in [3.05, 3.63) is 47.8 Å². The Morgan fingerprint density at radius 1 is 1.09 bits per heavy atom. The first-order chi connectivity index (χ1) is 17.0. The fraction of sp³-hybridized carbons (Fsp3) is 0.500. The Morgan fingerprint density at radius 3 is 2.46 bits per heavy atom. The van der Waals surface area contributed by atoms with E-state index in [0.717, 1.165) is 45.3 Å². The summed E-state index contributed by atoms with van der Waals surface area (Å²) in [4.78, 5) is 2.46. The van der Waals surface area contributed by atoms with Crippen molar-refractivity contribution in [2.24, 2.45) is 5.10 Å². The Bertz CT molecular complexity index is 1010. The molecule has 0 bridgehead atoms. The summed E-state index contributed by atoms with van der Waals surface area (Å²) in [5.41, 5.74) is 0.619. The van der Waals surface area contributed by atoms with Gasteiger partial charge in [-0.1, -0.05) is 0 Å². The highest BCUT2D eigenvalue weighted by Gasteiger charge is 2.33. The van der Waals surface area contributed by atoms with Crippen LogP contribution in [0.5, 0.6) is 23.0 Å². The number of aliphatic hydroxyl groups is 1. The Kier molecular flexibility index (Phi) is 8.30. The highest BCUT2D eigenvalue weighted by molar-refractivity contribution is 5.89. The number of aliphatic hydroxyl groups excluding tert-OH is 1. The van der Waals surface area contributed by atoms with Crippen LogP contribution in [0.3, 0.4) is 0 Å². The van der Waals surface area contributed by atoms with Crippen molar-refractivity contribution >= 4 is 5.90 Å². The summed E-state index contributed by atoms with van der Waals surface area (Å²) < 4.78 is 35.1. The van der Waals surface area contributed by atoms with Crippen LogP contribution in [0.1, 0.15) is 37.4 Å². The van der Waals surface area contributed by atoms with Crippen LogP contribution in [0.2, 0.25) is 0 Å². The van der Waals surface area contributed by atoms with Gasteiger partial charge in [0.25, 0.3) is 0 Å². The second-order valence-corrected chi connectivity index (χ2v) is 8.84. The van der Waals surface area contributed by atoms with Gasteiger partial charge in [-0.15, -0.1) is 5.10 Å². The molecule has 0 saturated carbocycles. The average Bonchev–Trinajstić information content (AvgIpc) is 3.18. The van der Waals surface area contributed by atoms with Crippen LogP contribution < -0.4 is 18.9 Å². The molecular weight excluding hydrogens is 453 g/mol. The van der Waals surface area contributed by atoms with Gasteiger partial charge in [-0.3, -0.25) is 5.01 Å². The minimum absolute atomic E-state index is 0.254. The molecule has 2 aromatic carbocycles. The Balaban J connectivity index is 1.20. The van der Waals surface area contributed by atoms with Gasteiger partial charge in [0, 0.05) is 37.8 Å². The van der Waals surface area contributed by atoms with E-state index < -0.39 is 6.10 Å². The lowest BCUT2D eigenvalue weighted by Crippen LogP contribution is -2.42. The fourth-order valence-corrected chi connectivity index (χ4v) is 4.47. The number of likely N-dealkylation sites (tertiary alicyclic amines) is 1. The number of fused-ring (bicyclic) bond motifs is 1. The number of piperidine rings is 1. The molecule has 4 rings (SSSR count). The molecule has 0 amide bonds. The lowest BCUT2D eigenvalue weighted by atomic mass is 10.0. The quantitative estimate of drug-likeness (QED) is 0.403. The molecule has 0 aliphatic carbocycles. The topological polar surface area (TPSA) is 76.0 Å². The number of rotatable bonds is 10. The van der Waals surface area contributed by atoms with Crippen LogP contribution in [0.4, 0.5) is 4.39 Å². The minimum atomic E-state index is -0.940. The monoisotopic (exact) mass is 487 g/mol. The molecule has 1 unspecified atom stereocenters. The van der Waals surface area contributed by atoms with E-state index in [1.807, 2.05) is 12.1 Å². The van der Waals surface area contributed by atoms with Gasteiger partial charge in [0.1, 0.15) is 17.3 Å². The zero-order chi connectivity index (χ0) is 24.8. The summed E-state index contributed by atoms with van der Waals surface area (Å²) in [6, 6.07) is 9.85. The molecule has 2 heterocycles. The molecule has 2 aromatic rings. The third kappa shape index (κ3) is 6.15. The zero-order valence-electron chi connectivity index (χ0n) is 20.6. The molecule has 1 atom stereocenters. The summed E-state index contributed by atoms with van der Waals surface area (Å²) in [5, 5.41) is 17.2. The van der Waals surface area contributed by atoms with Gasteiger partial charge in [0.15, 0.2) is 17.6 Å². The van der Waals surface area contributed by atoms with E-state index in [1.54, 1.807) is 38.5 Å². The summed E-state index contributed by atoms with van der Waals surface area (Å²) in [7, 11) is 5.05. The maximum absolute atomic E-state index is 12.9. The number of hydrazone groups is 1. The van der Waals surface area contributed by atoms with Crippen LogP contribution in [0.15, 0.2) is 41.5 Å². The Morgan fingerprint density at radius 2 is 1.77 bits per heavy atom. The summed E-state index contributed by atoms with van der Waals surface area (Å²) in [6.07, 6.45) is 3.05. The first-order valence-corrected chi connectivity index (χ1v) is 12.0. The number of hydrogen-bond acceptors (Lipinski definition) is 8. The number of hydrogen-bond donors (Lipinski definition) is 1. The van der Waals surface area contributed by atoms with E-state index in [4.69, 9.17) is 18.9 Å². The number of benzene rings is 2. The van der Waals surface area contributed by atoms with Crippen molar-refractivity contribution in [2.45, 2.75) is 37.8 Å². The van der Waals surface area contributed by atoms with Gasteiger partial charge in [0.2, 0.25) is 5.90 Å². The van der Waals surface area contributed by atoms with E-state index in [-0.39, 0.29) is 17.8 Å². The number of nitrogens with zero attached hydrogens (tertiary/aromatic N) is 3. The number of halogens is 1. The van der Waals surface area contributed by atoms with E-state index >= 15 is 0 Å². The van der Waals surface area contributed by atoms with Gasteiger partial charge >= 0.3 is 0 Å². The molecular formula is C26H34FN3O5. The van der Waals surface area contributed by atoms with Crippen molar-refractivity contribution in [3.8, 4) is 23.0 Å². The maximum Gasteiger partial charge on any atom is 0.245 e. The highest BCUT2D eigenvalue weighted by Crippen LogP contribution is 2.42. The largest absolute Gasteiger partial charge is 0.494 e. The number of methoxy groups -OCH3 is 2.